The highest BCUT2D eigenvalue weighted by Gasteiger charge is 2.14. The Bertz CT molecular complexity index is 377. The van der Waals surface area contributed by atoms with Gasteiger partial charge in [-0.25, -0.2) is 5.43 Å². The number of benzene rings is 1. The Morgan fingerprint density at radius 3 is 2.75 bits per heavy atom. The zero-order valence-corrected chi connectivity index (χ0v) is 10.0. The molecule has 0 spiro atoms. The topological polar surface area (TPSA) is 67.1 Å². The summed E-state index contributed by atoms with van der Waals surface area (Å²) in [6.07, 6.45) is 0.557. The molecule has 0 radical (unpaired) electrons. The molecule has 4 heteroatoms. The average Bonchev–Trinajstić information content (AvgIpc) is 2.23. The fourth-order valence-electron chi connectivity index (χ4n) is 1.57. The van der Waals surface area contributed by atoms with Crippen LogP contribution in [0.4, 0.5) is 0 Å². The molecule has 0 aliphatic heterocycles. The smallest absolute Gasteiger partial charge is 0.251 e. The fourth-order valence-corrected chi connectivity index (χ4v) is 1.57. The first-order valence-electron chi connectivity index (χ1n) is 5.33. The van der Waals surface area contributed by atoms with E-state index in [1.165, 1.54) is 11.1 Å². The van der Waals surface area contributed by atoms with E-state index in [4.69, 9.17) is 5.73 Å². The van der Waals surface area contributed by atoms with E-state index in [1.54, 1.807) is 7.05 Å². The van der Waals surface area contributed by atoms with Crippen LogP contribution in [0.1, 0.15) is 16.7 Å². The van der Waals surface area contributed by atoms with Gasteiger partial charge in [-0.2, -0.15) is 0 Å². The van der Waals surface area contributed by atoms with Crippen molar-refractivity contribution >= 4 is 5.91 Å². The van der Waals surface area contributed by atoms with Gasteiger partial charge in [0.15, 0.2) is 0 Å². The summed E-state index contributed by atoms with van der Waals surface area (Å²) in [6, 6.07) is 5.65. The minimum atomic E-state index is -0.520. The van der Waals surface area contributed by atoms with Crippen molar-refractivity contribution in [2.75, 3.05) is 7.05 Å². The average molecular weight is 221 g/mol. The van der Waals surface area contributed by atoms with E-state index in [9.17, 15) is 4.79 Å². The third-order valence-corrected chi connectivity index (χ3v) is 2.53. The van der Waals surface area contributed by atoms with Crippen LogP contribution in [0.3, 0.4) is 0 Å². The molecule has 1 rings (SSSR count). The molecule has 0 fully saturated rings. The Labute approximate surface area is 96.2 Å². The Morgan fingerprint density at radius 2 is 2.12 bits per heavy atom. The van der Waals surface area contributed by atoms with Gasteiger partial charge in [0.1, 0.15) is 0 Å². The maximum Gasteiger partial charge on any atom is 0.251 e. The first-order valence-corrected chi connectivity index (χ1v) is 5.33. The summed E-state index contributed by atoms with van der Waals surface area (Å²) in [4.78, 5) is 11.4. The van der Waals surface area contributed by atoms with Crippen LogP contribution in [0.2, 0.25) is 0 Å². The molecule has 1 amide bonds. The molecule has 1 aromatic rings. The summed E-state index contributed by atoms with van der Waals surface area (Å²) in [7, 11) is 1.64. The number of hydrogen-bond acceptors (Lipinski definition) is 3. The predicted molar refractivity (Wildman–Crippen MR) is 64.8 cm³/mol. The second-order valence-corrected chi connectivity index (χ2v) is 3.98. The molecule has 4 nitrogen and oxygen atoms in total. The highest BCUT2D eigenvalue weighted by molar-refractivity contribution is 5.81. The van der Waals surface area contributed by atoms with Crippen LogP contribution < -0.4 is 16.6 Å². The number of amides is 1. The highest BCUT2D eigenvalue weighted by atomic mass is 16.2. The highest BCUT2D eigenvalue weighted by Crippen LogP contribution is 2.12. The van der Waals surface area contributed by atoms with Crippen molar-refractivity contribution in [2.45, 2.75) is 26.3 Å². The molecular formula is C12H19N3O. The lowest BCUT2D eigenvalue weighted by Crippen LogP contribution is -2.46. The normalized spacial score (nSPS) is 12.2. The molecule has 0 saturated heterocycles. The Hall–Kier alpha value is -1.39. The molecule has 16 heavy (non-hydrogen) atoms. The van der Waals surface area contributed by atoms with Crippen molar-refractivity contribution in [3.05, 3.63) is 34.9 Å². The van der Waals surface area contributed by atoms with Crippen LogP contribution in [-0.2, 0) is 11.2 Å². The van der Waals surface area contributed by atoms with Crippen LogP contribution in [0.15, 0.2) is 18.2 Å². The third-order valence-electron chi connectivity index (χ3n) is 2.53. The van der Waals surface area contributed by atoms with Gasteiger partial charge in [-0.15, -0.1) is 0 Å². The molecular weight excluding hydrogens is 202 g/mol. The van der Waals surface area contributed by atoms with E-state index in [0.29, 0.717) is 6.42 Å². The van der Waals surface area contributed by atoms with E-state index in [2.05, 4.69) is 23.0 Å². The Balaban J connectivity index is 2.72. The molecule has 1 unspecified atom stereocenters. The van der Waals surface area contributed by atoms with Crippen LogP contribution in [0.25, 0.3) is 0 Å². The van der Waals surface area contributed by atoms with Crippen LogP contribution in [0.5, 0.6) is 0 Å². The number of nitrogens with two attached hydrogens (primary N) is 1. The van der Waals surface area contributed by atoms with Gasteiger partial charge >= 0.3 is 0 Å². The summed E-state index contributed by atoms with van der Waals surface area (Å²) in [5.74, 6) is -0.191. The minimum absolute atomic E-state index is 0.191. The minimum Gasteiger partial charge on any atom is -0.320 e. The van der Waals surface area contributed by atoms with E-state index in [1.807, 2.05) is 19.9 Å². The Morgan fingerprint density at radius 1 is 1.44 bits per heavy atom. The first kappa shape index (κ1) is 12.7. The number of rotatable bonds is 4. The number of hydrogen-bond donors (Lipinski definition) is 3. The summed E-state index contributed by atoms with van der Waals surface area (Å²) in [6.45, 7) is 4.06. The van der Waals surface area contributed by atoms with Gasteiger partial charge in [-0.3, -0.25) is 10.2 Å². The maximum atomic E-state index is 11.4. The molecule has 0 saturated carbocycles. The van der Waals surface area contributed by atoms with E-state index in [-0.39, 0.29) is 5.91 Å². The third kappa shape index (κ3) is 3.32. The van der Waals surface area contributed by atoms with E-state index >= 15 is 0 Å². The zero-order chi connectivity index (χ0) is 12.1. The SMILES string of the molecule is CNNC(=O)C(N)Cc1cc(C)ccc1C. The van der Waals surface area contributed by atoms with Crippen molar-refractivity contribution in [3.63, 3.8) is 0 Å². The number of nitrogens with one attached hydrogen (secondary N) is 2. The van der Waals surface area contributed by atoms with Gasteiger partial charge in [-0.05, 0) is 31.4 Å². The lowest BCUT2D eigenvalue weighted by Gasteiger charge is -2.13. The van der Waals surface area contributed by atoms with Crippen molar-refractivity contribution in [1.82, 2.24) is 10.9 Å². The molecule has 0 aliphatic carbocycles. The molecule has 0 bridgehead atoms. The fraction of sp³-hybridized carbons (Fsp3) is 0.417. The monoisotopic (exact) mass is 221 g/mol. The van der Waals surface area contributed by atoms with Gasteiger partial charge in [0.05, 0.1) is 6.04 Å². The number of hydrazine groups is 1. The second kappa shape index (κ2) is 5.63. The molecule has 88 valence electrons. The number of aryl methyl sites for hydroxylation is 2. The van der Waals surface area contributed by atoms with E-state index in [0.717, 1.165) is 5.56 Å². The second-order valence-electron chi connectivity index (χ2n) is 3.98. The van der Waals surface area contributed by atoms with Crippen LogP contribution in [-0.4, -0.2) is 19.0 Å². The summed E-state index contributed by atoms with van der Waals surface area (Å²) in [5, 5.41) is 0. The molecule has 0 aliphatic rings. The van der Waals surface area contributed by atoms with Crippen molar-refractivity contribution in [3.8, 4) is 0 Å². The van der Waals surface area contributed by atoms with Crippen molar-refractivity contribution in [2.24, 2.45) is 5.73 Å². The lowest BCUT2D eigenvalue weighted by atomic mass is 9.99. The number of carbonyl (C=O) groups excluding carboxylic acids is 1. The van der Waals surface area contributed by atoms with Crippen LogP contribution in [0, 0.1) is 13.8 Å². The summed E-state index contributed by atoms with van der Waals surface area (Å²) in [5.41, 5.74) is 14.3. The molecule has 0 heterocycles. The standard InChI is InChI=1S/C12H19N3O/c1-8-4-5-9(2)10(6-8)7-11(13)12(16)15-14-3/h4-6,11,14H,7,13H2,1-3H3,(H,15,16). The largest absolute Gasteiger partial charge is 0.320 e. The summed E-state index contributed by atoms with van der Waals surface area (Å²) < 4.78 is 0. The zero-order valence-electron chi connectivity index (χ0n) is 10.0. The molecule has 4 N–H and O–H groups in total. The maximum absolute atomic E-state index is 11.4. The number of carbonyl (C=O) groups is 1. The Kier molecular flexibility index (Phi) is 4.46. The first-order chi connectivity index (χ1) is 7.54. The lowest BCUT2D eigenvalue weighted by molar-refractivity contribution is -0.123. The van der Waals surface area contributed by atoms with Gasteiger partial charge < -0.3 is 5.73 Å². The van der Waals surface area contributed by atoms with E-state index < -0.39 is 6.04 Å². The van der Waals surface area contributed by atoms with Gasteiger partial charge in [0.25, 0.3) is 5.91 Å². The van der Waals surface area contributed by atoms with Gasteiger partial charge in [-0.1, -0.05) is 23.8 Å². The van der Waals surface area contributed by atoms with Crippen molar-refractivity contribution in [1.29, 1.82) is 0 Å². The quantitative estimate of drug-likeness (QED) is 0.646. The molecule has 1 atom stereocenters. The predicted octanol–water partition coefficient (Wildman–Crippen LogP) is 0.424. The van der Waals surface area contributed by atoms with Crippen molar-refractivity contribution < 1.29 is 4.79 Å². The molecule has 1 aromatic carbocycles. The van der Waals surface area contributed by atoms with Crippen LogP contribution >= 0.6 is 0 Å². The van der Waals surface area contributed by atoms with Gasteiger partial charge in [0.2, 0.25) is 0 Å². The molecule has 0 aromatic heterocycles. The van der Waals surface area contributed by atoms with Gasteiger partial charge in [0, 0.05) is 7.05 Å². The summed E-state index contributed by atoms with van der Waals surface area (Å²) >= 11 is 0.